The quantitative estimate of drug-likeness (QED) is 0.749. The Bertz CT molecular complexity index is 324. The van der Waals surface area contributed by atoms with E-state index in [4.69, 9.17) is 0 Å². The van der Waals surface area contributed by atoms with Crippen LogP contribution in [-0.2, 0) is 4.79 Å². The Labute approximate surface area is 111 Å². The third-order valence-corrected chi connectivity index (χ3v) is 5.67. The molecule has 1 heterocycles. The van der Waals surface area contributed by atoms with E-state index in [-0.39, 0.29) is 5.41 Å². The van der Waals surface area contributed by atoms with Gasteiger partial charge in [-0.3, -0.25) is 4.79 Å². The maximum Gasteiger partial charge on any atom is 0.142 e. The van der Waals surface area contributed by atoms with Gasteiger partial charge in [-0.25, -0.2) is 0 Å². The first kappa shape index (κ1) is 12.7. The van der Waals surface area contributed by atoms with Gasteiger partial charge in [0.2, 0.25) is 0 Å². The van der Waals surface area contributed by atoms with Crippen molar-refractivity contribution < 1.29 is 4.79 Å². The molecule has 0 spiro atoms. The molecule has 18 heavy (non-hydrogen) atoms. The fraction of sp³-hybridized carbons (Fsp3) is 0.938. The summed E-state index contributed by atoms with van der Waals surface area (Å²) in [5.41, 5.74) is -0.0570. The van der Waals surface area contributed by atoms with Gasteiger partial charge in [0, 0.05) is 31.0 Å². The second kappa shape index (κ2) is 4.63. The average molecular weight is 249 g/mol. The topological polar surface area (TPSA) is 20.3 Å². The van der Waals surface area contributed by atoms with E-state index in [1.807, 2.05) is 0 Å². The van der Waals surface area contributed by atoms with Gasteiger partial charge in [0.1, 0.15) is 5.78 Å². The Kier molecular flexibility index (Phi) is 3.25. The molecule has 0 N–H and O–H groups in total. The minimum Gasteiger partial charge on any atom is -0.302 e. The van der Waals surface area contributed by atoms with E-state index >= 15 is 0 Å². The minimum absolute atomic E-state index is 0.0570. The molecule has 2 nitrogen and oxygen atoms in total. The number of hydrogen-bond acceptors (Lipinski definition) is 2. The molecule has 3 fully saturated rings. The number of carbonyl (C=O) groups is 1. The zero-order valence-electron chi connectivity index (χ0n) is 12.0. The fourth-order valence-electron chi connectivity index (χ4n) is 4.56. The van der Waals surface area contributed by atoms with Gasteiger partial charge < -0.3 is 4.90 Å². The highest BCUT2D eigenvalue weighted by atomic mass is 16.1. The van der Waals surface area contributed by atoms with E-state index < -0.39 is 0 Å². The number of ketones is 1. The third-order valence-electron chi connectivity index (χ3n) is 5.67. The molecule has 0 bridgehead atoms. The lowest BCUT2D eigenvalue weighted by atomic mass is 9.71. The van der Waals surface area contributed by atoms with Gasteiger partial charge >= 0.3 is 0 Å². The van der Waals surface area contributed by atoms with E-state index in [0.29, 0.717) is 11.7 Å². The molecular formula is C16H27NO. The lowest BCUT2D eigenvalue weighted by Gasteiger charge is -2.35. The molecule has 2 saturated carbocycles. The Balaban J connectivity index is 1.58. The molecule has 3 rings (SSSR count). The summed E-state index contributed by atoms with van der Waals surface area (Å²) in [5, 5.41) is 0. The van der Waals surface area contributed by atoms with Gasteiger partial charge in [0.25, 0.3) is 0 Å². The summed E-state index contributed by atoms with van der Waals surface area (Å²) in [7, 11) is 0. The van der Waals surface area contributed by atoms with Crippen molar-refractivity contribution in [2.45, 2.75) is 52.4 Å². The number of Topliss-reactive ketones (excluding diaryl/α,β-unsaturated/α-hetero) is 1. The molecule has 2 heteroatoms. The molecule has 102 valence electrons. The number of hydrogen-bond donors (Lipinski definition) is 0. The molecule has 1 aliphatic heterocycles. The van der Waals surface area contributed by atoms with Crippen LogP contribution in [-0.4, -0.2) is 30.3 Å². The van der Waals surface area contributed by atoms with E-state index in [1.54, 1.807) is 0 Å². The van der Waals surface area contributed by atoms with Gasteiger partial charge in [-0.1, -0.05) is 26.7 Å². The average Bonchev–Trinajstić information content (AvgIpc) is 2.85. The first-order chi connectivity index (χ1) is 8.56. The number of fused-ring (bicyclic) bond motifs is 1. The predicted molar refractivity (Wildman–Crippen MR) is 73.4 cm³/mol. The van der Waals surface area contributed by atoms with Crippen LogP contribution in [0, 0.1) is 23.2 Å². The Hall–Kier alpha value is -0.370. The van der Waals surface area contributed by atoms with Crippen molar-refractivity contribution in [3.63, 3.8) is 0 Å². The van der Waals surface area contributed by atoms with Crippen LogP contribution >= 0.6 is 0 Å². The van der Waals surface area contributed by atoms with Gasteiger partial charge in [-0.05, 0) is 37.5 Å². The van der Waals surface area contributed by atoms with E-state index in [9.17, 15) is 4.79 Å². The summed E-state index contributed by atoms with van der Waals surface area (Å²) in [6.45, 7) is 7.87. The van der Waals surface area contributed by atoms with Crippen LogP contribution < -0.4 is 0 Å². The van der Waals surface area contributed by atoms with Crippen molar-refractivity contribution in [3.8, 4) is 0 Å². The highest BCUT2D eigenvalue weighted by Gasteiger charge is 2.41. The summed E-state index contributed by atoms with van der Waals surface area (Å²) in [6, 6.07) is 0. The second-order valence-electron chi connectivity index (χ2n) is 7.51. The Morgan fingerprint density at radius 1 is 1.11 bits per heavy atom. The van der Waals surface area contributed by atoms with Crippen LogP contribution in [0.4, 0.5) is 0 Å². The second-order valence-corrected chi connectivity index (χ2v) is 7.51. The summed E-state index contributed by atoms with van der Waals surface area (Å²) >= 11 is 0. The number of nitrogens with zero attached hydrogens (tertiary/aromatic N) is 1. The van der Waals surface area contributed by atoms with Crippen molar-refractivity contribution in [3.05, 3.63) is 0 Å². The molecule has 3 atom stereocenters. The van der Waals surface area contributed by atoms with Crippen molar-refractivity contribution in [2.75, 3.05) is 19.6 Å². The SMILES string of the molecule is CC1(C)CCCC(CN2CC3CCCC3C2)C1=O. The summed E-state index contributed by atoms with van der Waals surface area (Å²) in [4.78, 5) is 15.1. The fourth-order valence-corrected chi connectivity index (χ4v) is 4.56. The van der Waals surface area contributed by atoms with Crippen LogP contribution in [0.25, 0.3) is 0 Å². The number of rotatable bonds is 2. The first-order valence-electron chi connectivity index (χ1n) is 7.83. The van der Waals surface area contributed by atoms with Crippen LogP contribution in [0.15, 0.2) is 0 Å². The summed E-state index contributed by atoms with van der Waals surface area (Å²) in [6.07, 6.45) is 7.78. The number of carbonyl (C=O) groups excluding carboxylic acids is 1. The lowest BCUT2D eigenvalue weighted by Crippen LogP contribution is -2.41. The van der Waals surface area contributed by atoms with Gasteiger partial charge in [-0.2, -0.15) is 0 Å². The molecule has 0 aromatic heterocycles. The van der Waals surface area contributed by atoms with Crippen molar-refractivity contribution in [2.24, 2.45) is 23.2 Å². The van der Waals surface area contributed by atoms with Crippen molar-refractivity contribution in [1.29, 1.82) is 0 Å². The van der Waals surface area contributed by atoms with Crippen LogP contribution in [0.1, 0.15) is 52.4 Å². The van der Waals surface area contributed by atoms with Crippen LogP contribution in [0.5, 0.6) is 0 Å². The summed E-state index contributed by atoms with van der Waals surface area (Å²) in [5.74, 6) is 2.77. The van der Waals surface area contributed by atoms with Crippen LogP contribution in [0.2, 0.25) is 0 Å². The van der Waals surface area contributed by atoms with Gasteiger partial charge in [-0.15, -0.1) is 0 Å². The highest BCUT2D eigenvalue weighted by molar-refractivity contribution is 5.87. The largest absolute Gasteiger partial charge is 0.302 e. The highest BCUT2D eigenvalue weighted by Crippen LogP contribution is 2.40. The Morgan fingerprint density at radius 2 is 1.78 bits per heavy atom. The molecule has 2 aliphatic carbocycles. The molecule has 0 aromatic rings. The van der Waals surface area contributed by atoms with E-state index in [0.717, 1.165) is 31.2 Å². The molecule has 0 radical (unpaired) electrons. The predicted octanol–water partition coefficient (Wildman–Crippen LogP) is 3.11. The smallest absolute Gasteiger partial charge is 0.142 e. The molecule has 3 aliphatic rings. The number of likely N-dealkylation sites (tertiary alicyclic amines) is 1. The maximum atomic E-state index is 12.5. The van der Waals surface area contributed by atoms with Crippen molar-refractivity contribution >= 4 is 5.78 Å². The van der Waals surface area contributed by atoms with E-state index in [2.05, 4.69) is 18.7 Å². The van der Waals surface area contributed by atoms with E-state index in [1.165, 1.54) is 38.8 Å². The molecule has 1 saturated heterocycles. The van der Waals surface area contributed by atoms with Crippen LogP contribution in [0.3, 0.4) is 0 Å². The molecule has 0 aromatic carbocycles. The Morgan fingerprint density at radius 3 is 2.44 bits per heavy atom. The first-order valence-corrected chi connectivity index (χ1v) is 7.83. The molecular weight excluding hydrogens is 222 g/mol. The van der Waals surface area contributed by atoms with Gasteiger partial charge in [0.05, 0.1) is 0 Å². The lowest BCUT2D eigenvalue weighted by molar-refractivity contribution is -0.134. The molecule has 0 amide bonds. The van der Waals surface area contributed by atoms with Crippen molar-refractivity contribution in [1.82, 2.24) is 4.90 Å². The monoisotopic (exact) mass is 249 g/mol. The third kappa shape index (κ3) is 2.24. The van der Waals surface area contributed by atoms with Gasteiger partial charge in [0.15, 0.2) is 0 Å². The molecule has 3 unspecified atom stereocenters. The zero-order valence-corrected chi connectivity index (χ0v) is 12.0. The standard InChI is InChI=1S/C16H27NO/c1-16(2)8-4-7-14(15(16)18)11-17-9-12-5-3-6-13(12)10-17/h12-14H,3-11H2,1-2H3. The normalized spacial score (nSPS) is 40.1. The zero-order chi connectivity index (χ0) is 12.8. The minimum atomic E-state index is -0.0570. The maximum absolute atomic E-state index is 12.5. The summed E-state index contributed by atoms with van der Waals surface area (Å²) < 4.78 is 0.